The maximum absolute atomic E-state index is 12.2. The molecule has 2 rings (SSSR count). The van der Waals surface area contributed by atoms with E-state index in [1.807, 2.05) is 20.8 Å². The lowest BCUT2D eigenvalue weighted by atomic mass is 10.1. The largest absolute Gasteiger partial charge is 0.506 e. The van der Waals surface area contributed by atoms with Crippen molar-refractivity contribution < 1.29 is 14.7 Å². The molecule has 0 heterocycles. The van der Waals surface area contributed by atoms with Crippen LogP contribution in [-0.2, 0) is 4.79 Å². The van der Waals surface area contributed by atoms with Gasteiger partial charge in [0.15, 0.2) is 0 Å². The summed E-state index contributed by atoms with van der Waals surface area (Å²) in [6.45, 7) is 5.48. The molecule has 0 aromatic heterocycles. The Morgan fingerprint density at radius 2 is 1.65 bits per heavy atom. The van der Waals surface area contributed by atoms with Crippen LogP contribution in [0.5, 0.6) is 5.75 Å². The molecule has 0 fully saturated rings. The third-order valence-corrected chi connectivity index (χ3v) is 3.34. The van der Waals surface area contributed by atoms with Crippen LogP contribution in [0.4, 0.5) is 11.4 Å². The third kappa shape index (κ3) is 4.32. The van der Waals surface area contributed by atoms with Gasteiger partial charge in [-0.25, -0.2) is 0 Å². The summed E-state index contributed by atoms with van der Waals surface area (Å²) < 4.78 is 0. The van der Waals surface area contributed by atoms with Crippen LogP contribution in [0.2, 0.25) is 0 Å². The predicted molar refractivity (Wildman–Crippen MR) is 90.7 cm³/mol. The van der Waals surface area contributed by atoms with Gasteiger partial charge in [0.2, 0.25) is 5.91 Å². The average molecular weight is 312 g/mol. The van der Waals surface area contributed by atoms with Crippen LogP contribution in [0.3, 0.4) is 0 Å². The predicted octanol–water partition coefficient (Wildman–Crippen LogP) is 3.55. The molecule has 0 spiro atoms. The molecule has 0 aliphatic rings. The minimum Gasteiger partial charge on any atom is -0.506 e. The van der Waals surface area contributed by atoms with Gasteiger partial charge in [-0.2, -0.15) is 0 Å². The van der Waals surface area contributed by atoms with Crippen molar-refractivity contribution in [2.24, 2.45) is 5.92 Å². The highest BCUT2D eigenvalue weighted by Crippen LogP contribution is 2.24. The molecule has 0 saturated carbocycles. The molecule has 5 nitrogen and oxygen atoms in total. The summed E-state index contributed by atoms with van der Waals surface area (Å²) in [5.74, 6) is -0.487. The number of benzene rings is 2. The van der Waals surface area contributed by atoms with Gasteiger partial charge >= 0.3 is 0 Å². The highest BCUT2D eigenvalue weighted by atomic mass is 16.3. The van der Waals surface area contributed by atoms with Gasteiger partial charge in [-0.3, -0.25) is 9.59 Å². The van der Waals surface area contributed by atoms with Crippen molar-refractivity contribution in [2.45, 2.75) is 20.8 Å². The normalized spacial score (nSPS) is 10.4. The molecule has 2 amide bonds. The highest BCUT2D eigenvalue weighted by Gasteiger charge is 2.10. The van der Waals surface area contributed by atoms with Crippen molar-refractivity contribution in [1.29, 1.82) is 0 Å². The minimum atomic E-state index is -0.328. The van der Waals surface area contributed by atoms with Gasteiger partial charge in [0.1, 0.15) is 5.75 Å². The van der Waals surface area contributed by atoms with Crippen molar-refractivity contribution in [3.8, 4) is 5.75 Å². The zero-order chi connectivity index (χ0) is 17.0. The van der Waals surface area contributed by atoms with Crippen LogP contribution in [0.15, 0.2) is 42.5 Å². The van der Waals surface area contributed by atoms with E-state index in [0.29, 0.717) is 16.9 Å². The molecule has 2 aromatic rings. The van der Waals surface area contributed by atoms with E-state index in [2.05, 4.69) is 10.6 Å². The molecule has 23 heavy (non-hydrogen) atoms. The first kappa shape index (κ1) is 16.5. The molecule has 3 N–H and O–H groups in total. The molecule has 0 saturated heterocycles. The SMILES string of the molecule is Cc1ccc(NC(=O)c2ccc(NC(=O)C(C)C)cc2)c(O)c1. The molecule has 0 radical (unpaired) electrons. The first-order chi connectivity index (χ1) is 10.9. The second kappa shape index (κ2) is 6.96. The fourth-order valence-corrected chi connectivity index (χ4v) is 1.93. The maximum Gasteiger partial charge on any atom is 0.255 e. The monoisotopic (exact) mass is 312 g/mol. The number of aromatic hydroxyl groups is 1. The van der Waals surface area contributed by atoms with Gasteiger partial charge in [0.05, 0.1) is 5.69 Å². The molecule has 120 valence electrons. The van der Waals surface area contributed by atoms with Gasteiger partial charge in [0.25, 0.3) is 5.91 Å². The Morgan fingerprint density at radius 3 is 2.22 bits per heavy atom. The average Bonchev–Trinajstić information content (AvgIpc) is 2.50. The Labute approximate surface area is 135 Å². The summed E-state index contributed by atoms with van der Waals surface area (Å²) >= 11 is 0. The quantitative estimate of drug-likeness (QED) is 0.755. The minimum absolute atomic E-state index is 0.0270. The van der Waals surface area contributed by atoms with Crippen LogP contribution in [0.1, 0.15) is 29.8 Å². The number of amides is 2. The van der Waals surface area contributed by atoms with E-state index in [1.54, 1.807) is 42.5 Å². The lowest BCUT2D eigenvalue weighted by Gasteiger charge is -2.10. The number of nitrogens with one attached hydrogen (secondary N) is 2. The second-order valence-electron chi connectivity index (χ2n) is 5.70. The second-order valence-corrected chi connectivity index (χ2v) is 5.70. The van der Waals surface area contributed by atoms with E-state index >= 15 is 0 Å². The van der Waals surface area contributed by atoms with Crippen LogP contribution in [-0.4, -0.2) is 16.9 Å². The lowest BCUT2D eigenvalue weighted by molar-refractivity contribution is -0.118. The Bertz CT molecular complexity index is 722. The van der Waals surface area contributed by atoms with Crippen molar-refractivity contribution in [1.82, 2.24) is 0 Å². The number of phenolic OH excluding ortho intramolecular Hbond substituents is 1. The van der Waals surface area contributed by atoms with Crippen molar-refractivity contribution >= 4 is 23.2 Å². The van der Waals surface area contributed by atoms with Crippen molar-refractivity contribution in [3.05, 3.63) is 53.6 Å². The lowest BCUT2D eigenvalue weighted by Crippen LogP contribution is -2.18. The smallest absolute Gasteiger partial charge is 0.255 e. The molecule has 0 unspecified atom stereocenters. The van der Waals surface area contributed by atoms with E-state index in [4.69, 9.17) is 0 Å². The summed E-state index contributed by atoms with van der Waals surface area (Å²) in [5.41, 5.74) is 2.34. The summed E-state index contributed by atoms with van der Waals surface area (Å²) in [4.78, 5) is 23.8. The molecule has 0 aliphatic carbocycles. The Morgan fingerprint density at radius 1 is 1.00 bits per heavy atom. The van der Waals surface area contributed by atoms with E-state index in [1.165, 1.54) is 0 Å². The Hall–Kier alpha value is -2.82. The fraction of sp³-hybridized carbons (Fsp3) is 0.222. The highest BCUT2D eigenvalue weighted by molar-refractivity contribution is 6.05. The summed E-state index contributed by atoms with van der Waals surface area (Å²) in [6, 6.07) is 11.6. The summed E-state index contributed by atoms with van der Waals surface area (Å²) in [7, 11) is 0. The van der Waals surface area contributed by atoms with Gasteiger partial charge < -0.3 is 15.7 Å². The number of carbonyl (C=O) groups excluding carboxylic acids is 2. The van der Waals surface area contributed by atoms with Gasteiger partial charge in [-0.05, 0) is 48.9 Å². The number of aryl methyl sites for hydroxylation is 1. The number of phenols is 1. The van der Waals surface area contributed by atoms with E-state index < -0.39 is 0 Å². The molecular formula is C18H20N2O3. The molecule has 2 aromatic carbocycles. The number of hydrogen-bond acceptors (Lipinski definition) is 3. The molecule has 5 heteroatoms. The van der Waals surface area contributed by atoms with Gasteiger partial charge in [-0.1, -0.05) is 19.9 Å². The fourth-order valence-electron chi connectivity index (χ4n) is 1.93. The van der Waals surface area contributed by atoms with Crippen LogP contribution >= 0.6 is 0 Å². The number of carbonyl (C=O) groups is 2. The van der Waals surface area contributed by atoms with Crippen molar-refractivity contribution in [2.75, 3.05) is 10.6 Å². The van der Waals surface area contributed by atoms with E-state index in [-0.39, 0.29) is 23.5 Å². The number of hydrogen-bond donors (Lipinski definition) is 3. The maximum atomic E-state index is 12.2. The van der Waals surface area contributed by atoms with Crippen LogP contribution in [0.25, 0.3) is 0 Å². The molecule has 0 atom stereocenters. The zero-order valence-corrected chi connectivity index (χ0v) is 13.4. The van der Waals surface area contributed by atoms with Crippen molar-refractivity contribution in [3.63, 3.8) is 0 Å². The standard InChI is InChI=1S/C18H20N2O3/c1-11(2)17(22)19-14-7-5-13(6-8-14)18(23)20-15-9-4-12(3)10-16(15)21/h4-11,21H,1-3H3,(H,19,22)(H,20,23). The number of anilines is 2. The Balaban J connectivity index is 2.07. The van der Waals surface area contributed by atoms with E-state index in [9.17, 15) is 14.7 Å². The third-order valence-electron chi connectivity index (χ3n) is 3.34. The Kier molecular flexibility index (Phi) is 5.01. The van der Waals surface area contributed by atoms with Crippen LogP contribution in [0, 0.1) is 12.8 Å². The van der Waals surface area contributed by atoms with E-state index in [0.717, 1.165) is 5.56 Å². The topological polar surface area (TPSA) is 78.4 Å². The van der Waals surface area contributed by atoms with Gasteiger partial charge in [-0.15, -0.1) is 0 Å². The van der Waals surface area contributed by atoms with Gasteiger partial charge in [0, 0.05) is 17.2 Å². The first-order valence-corrected chi connectivity index (χ1v) is 7.38. The summed E-state index contributed by atoms with van der Waals surface area (Å²) in [5, 5.41) is 15.2. The number of rotatable bonds is 4. The van der Waals surface area contributed by atoms with Crippen LogP contribution < -0.4 is 10.6 Å². The molecule has 0 aliphatic heterocycles. The zero-order valence-electron chi connectivity index (χ0n) is 13.4. The molecular weight excluding hydrogens is 292 g/mol. The summed E-state index contributed by atoms with van der Waals surface area (Å²) in [6.07, 6.45) is 0. The molecule has 0 bridgehead atoms. The first-order valence-electron chi connectivity index (χ1n) is 7.38.